The van der Waals surface area contributed by atoms with Crippen molar-refractivity contribution in [3.8, 4) is 5.75 Å². The van der Waals surface area contributed by atoms with Gasteiger partial charge < -0.3 is 9.84 Å². The Kier molecular flexibility index (Phi) is 5.65. The van der Waals surface area contributed by atoms with Crippen molar-refractivity contribution in [1.82, 2.24) is 14.7 Å². The average Bonchev–Trinajstić information content (AvgIpc) is 2.87. The Morgan fingerprint density at radius 2 is 2.08 bits per heavy atom. The van der Waals surface area contributed by atoms with Crippen molar-refractivity contribution in [2.24, 2.45) is 0 Å². The molecule has 7 heteroatoms. The molecular formula is C18H22FN3O3. The van der Waals surface area contributed by atoms with Gasteiger partial charge in [0.05, 0.1) is 17.8 Å². The summed E-state index contributed by atoms with van der Waals surface area (Å²) in [6.07, 6.45) is 1.55. The number of hydrogen-bond acceptors (Lipinski definition) is 4. The Balaban J connectivity index is 1.52. The molecule has 3 rings (SSSR count). The molecule has 0 fully saturated rings. The fraction of sp³-hybridized carbons (Fsp3) is 0.444. The first-order chi connectivity index (χ1) is 12.1. The topological polar surface area (TPSA) is 67.6 Å². The highest BCUT2D eigenvalue weighted by atomic mass is 19.1. The monoisotopic (exact) mass is 347 g/mol. The fourth-order valence-electron chi connectivity index (χ4n) is 2.96. The van der Waals surface area contributed by atoms with Gasteiger partial charge in [-0.15, -0.1) is 0 Å². The van der Waals surface area contributed by atoms with Crippen LogP contribution in [-0.2, 0) is 24.3 Å². The molecule has 0 bridgehead atoms. The van der Waals surface area contributed by atoms with Gasteiger partial charge in [0.2, 0.25) is 0 Å². The highest BCUT2D eigenvalue weighted by Crippen LogP contribution is 2.15. The van der Waals surface area contributed by atoms with Crippen LogP contribution in [-0.4, -0.2) is 45.5 Å². The Hall–Kier alpha value is -2.41. The number of carbonyl (C=O) groups is 1. The second kappa shape index (κ2) is 8.11. The van der Waals surface area contributed by atoms with E-state index in [1.54, 1.807) is 12.1 Å². The zero-order valence-corrected chi connectivity index (χ0v) is 14.0. The highest BCUT2D eigenvalue weighted by molar-refractivity contribution is 5.66. The smallest absolute Gasteiger partial charge is 0.303 e. The first-order valence-corrected chi connectivity index (χ1v) is 8.48. The van der Waals surface area contributed by atoms with Crippen molar-refractivity contribution in [1.29, 1.82) is 0 Å². The van der Waals surface area contributed by atoms with Crippen molar-refractivity contribution in [3.63, 3.8) is 0 Å². The van der Waals surface area contributed by atoms with E-state index in [1.165, 1.54) is 12.1 Å². The minimum atomic E-state index is -0.803. The van der Waals surface area contributed by atoms with Crippen LogP contribution in [0.4, 0.5) is 4.39 Å². The zero-order valence-electron chi connectivity index (χ0n) is 14.0. The number of nitrogens with zero attached hydrogens (tertiary/aromatic N) is 3. The van der Waals surface area contributed by atoms with Crippen molar-refractivity contribution in [2.75, 3.05) is 19.7 Å². The number of hydrogen-bond donors (Lipinski definition) is 1. The van der Waals surface area contributed by atoms with E-state index >= 15 is 0 Å². The third-order valence-corrected chi connectivity index (χ3v) is 4.23. The van der Waals surface area contributed by atoms with Gasteiger partial charge in [-0.1, -0.05) is 0 Å². The summed E-state index contributed by atoms with van der Waals surface area (Å²) in [5.41, 5.74) is 1.95. The van der Waals surface area contributed by atoms with Crippen LogP contribution >= 0.6 is 0 Å². The summed E-state index contributed by atoms with van der Waals surface area (Å²) in [5.74, 6) is -0.410. The van der Waals surface area contributed by atoms with Gasteiger partial charge in [0.25, 0.3) is 0 Å². The van der Waals surface area contributed by atoms with Crippen LogP contribution in [0, 0.1) is 5.82 Å². The molecule has 0 saturated carbocycles. The molecule has 25 heavy (non-hydrogen) atoms. The molecular weight excluding hydrogens is 325 g/mol. The highest BCUT2D eigenvalue weighted by Gasteiger charge is 2.17. The molecule has 2 heterocycles. The number of aromatic nitrogens is 2. The van der Waals surface area contributed by atoms with E-state index in [1.807, 2.05) is 10.7 Å². The number of ether oxygens (including phenoxy) is 1. The van der Waals surface area contributed by atoms with E-state index in [0.717, 1.165) is 44.0 Å². The van der Waals surface area contributed by atoms with Crippen molar-refractivity contribution in [2.45, 2.75) is 32.4 Å². The fourth-order valence-corrected chi connectivity index (χ4v) is 2.96. The Morgan fingerprint density at radius 1 is 1.28 bits per heavy atom. The minimum Gasteiger partial charge on any atom is -0.492 e. The van der Waals surface area contributed by atoms with Crippen molar-refractivity contribution >= 4 is 5.97 Å². The third-order valence-electron chi connectivity index (χ3n) is 4.23. The summed E-state index contributed by atoms with van der Waals surface area (Å²) in [5, 5.41) is 13.3. The molecule has 0 saturated heterocycles. The number of halogens is 1. The molecule has 6 nitrogen and oxygen atoms in total. The number of fused-ring (bicyclic) bond motifs is 1. The number of carboxylic acid groups (broad SMARTS) is 1. The molecule has 2 aromatic rings. The number of carboxylic acids is 1. The number of rotatable bonds is 7. The van der Waals surface area contributed by atoms with Gasteiger partial charge in [0.15, 0.2) is 0 Å². The van der Waals surface area contributed by atoms with Gasteiger partial charge in [0, 0.05) is 32.6 Å². The van der Waals surface area contributed by atoms with E-state index in [-0.39, 0.29) is 12.2 Å². The van der Waals surface area contributed by atoms with E-state index in [9.17, 15) is 9.18 Å². The molecule has 0 amide bonds. The first kappa shape index (κ1) is 17.4. The van der Waals surface area contributed by atoms with Gasteiger partial charge in [0.1, 0.15) is 18.2 Å². The van der Waals surface area contributed by atoms with Gasteiger partial charge >= 0.3 is 5.97 Å². The van der Waals surface area contributed by atoms with Crippen LogP contribution < -0.4 is 4.74 Å². The van der Waals surface area contributed by atoms with Gasteiger partial charge in [-0.3, -0.25) is 14.4 Å². The maximum atomic E-state index is 12.9. The van der Waals surface area contributed by atoms with Gasteiger partial charge in [-0.2, -0.15) is 5.10 Å². The number of aryl methyl sites for hydroxylation is 2. The predicted octanol–water partition coefficient (Wildman–Crippen LogP) is 2.32. The van der Waals surface area contributed by atoms with E-state index in [2.05, 4.69) is 10.00 Å². The molecule has 1 N–H and O–H groups in total. The summed E-state index contributed by atoms with van der Waals surface area (Å²) in [4.78, 5) is 13.0. The molecule has 0 unspecified atom stereocenters. The van der Waals surface area contributed by atoms with Crippen LogP contribution in [0.2, 0.25) is 0 Å². The molecule has 0 aliphatic carbocycles. The van der Waals surface area contributed by atoms with E-state index in [4.69, 9.17) is 9.84 Å². The maximum absolute atomic E-state index is 12.9. The number of benzene rings is 1. The Labute approximate surface area is 145 Å². The van der Waals surface area contributed by atoms with Crippen LogP contribution in [0.25, 0.3) is 0 Å². The van der Waals surface area contributed by atoms with Crippen LogP contribution in [0.15, 0.2) is 30.3 Å². The zero-order chi connectivity index (χ0) is 17.6. The lowest BCUT2D eigenvalue weighted by molar-refractivity contribution is -0.136. The van der Waals surface area contributed by atoms with Crippen molar-refractivity contribution in [3.05, 3.63) is 47.5 Å². The summed E-state index contributed by atoms with van der Waals surface area (Å²) >= 11 is 0. The van der Waals surface area contributed by atoms with Crippen molar-refractivity contribution < 1.29 is 19.0 Å². The van der Waals surface area contributed by atoms with E-state index in [0.29, 0.717) is 18.8 Å². The van der Waals surface area contributed by atoms with Gasteiger partial charge in [-0.05, 0) is 36.8 Å². The maximum Gasteiger partial charge on any atom is 0.303 e. The first-order valence-electron chi connectivity index (χ1n) is 8.48. The summed E-state index contributed by atoms with van der Waals surface area (Å²) in [7, 11) is 0. The molecule has 1 aliphatic rings. The molecule has 0 spiro atoms. The standard InChI is InChI=1S/C18H22FN3O3/c19-14-2-5-17(6-3-14)25-11-10-21-8-1-9-22-16(13-21)12-15(20-22)4-7-18(23)24/h2-3,5-6,12H,1,4,7-11,13H2,(H,23,24). The van der Waals surface area contributed by atoms with Crippen LogP contribution in [0.1, 0.15) is 24.2 Å². The lowest BCUT2D eigenvalue weighted by Crippen LogP contribution is -2.28. The normalized spacial score (nSPS) is 14.8. The molecule has 1 aromatic carbocycles. The second-order valence-electron chi connectivity index (χ2n) is 6.18. The second-order valence-corrected chi connectivity index (χ2v) is 6.18. The largest absolute Gasteiger partial charge is 0.492 e. The molecule has 1 aromatic heterocycles. The molecule has 0 atom stereocenters. The van der Waals surface area contributed by atoms with Gasteiger partial charge in [-0.25, -0.2) is 4.39 Å². The predicted molar refractivity (Wildman–Crippen MR) is 90.0 cm³/mol. The lowest BCUT2D eigenvalue weighted by Gasteiger charge is -2.19. The SMILES string of the molecule is O=C(O)CCc1cc2n(n1)CCCN(CCOc1ccc(F)cc1)C2. The third kappa shape index (κ3) is 5.03. The Bertz CT molecular complexity index is 715. The van der Waals surface area contributed by atoms with Crippen LogP contribution in [0.3, 0.4) is 0 Å². The number of aliphatic carboxylic acids is 1. The van der Waals surface area contributed by atoms with Crippen LogP contribution in [0.5, 0.6) is 5.75 Å². The molecule has 134 valence electrons. The molecule has 1 aliphatic heterocycles. The quantitative estimate of drug-likeness (QED) is 0.833. The summed E-state index contributed by atoms with van der Waals surface area (Å²) in [6, 6.07) is 8.03. The minimum absolute atomic E-state index is 0.103. The molecule has 0 radical (unpaired) electrons. The lowest BCUT2D eigenvalue weighted by atomic mass is 10.2. The Morgan fingerprint density at radius 3 is 2.84 bits per heavy atom. The summed E-state index contributed by atoms with van der Waals surface area (Å²) < 4.78 is 20.5. The summed E-state index contributed by atoms with van der Waals surface area (Å²) in [6.45, 7) is 3.88. The van der Waals surface area contributed by atoms with E-state index < -0.39 is 5.97 Å². The average molecular weight is 347 g/mol.